The Morgan fingerprint density at radius 3 is 2.55 bits per heavy atom. The number of esters is 1. The van der Waals surface area contributed by atoms with Gasteiger partial charge in [-0.05, 0) is 67.5 Å². The Kier molecular flexibility index (Phi) is 15.0. The van der Waals surface area contributed by atoms with Gasteiger partial charge >= 0.3 is 5.97 Å². The molecule has 2 unspecified atom stereocenters. The van der Waals surface area contributed by atoms with Gasteiger partial charge in [-0.15, -0.1) is 0 Å². The van der Waals surface area contributed by atoms with Crippen LogP contribution >= 0.6 is 11.9 Å². The predicted octanol–water partition coefficient (Wildman–Crippen LogP) is 9.79. The van der Waals surface area contributed by atoms with E-state index >= 15 is 0 Å². The summed E-state index contributed by atoms with van der Waals surface area (Å²) in [5.74, 6) is 3.49. The summed E-state index contributed by atoms with van der Waals surface area (Å²) in [5, 5.41) is 0. The monoisotopic (exact) mass is 545 g/mol. The highest BCUT2D eigenvalue weighted by Gasteiger charge is 2.32. The quantitative estimate of drug-likeness (QED) is 0.0977. The molecule has 0 radical (unpaired) electrons. The highest BCUT2D eigenvalue weighted by Crippen LogP contribution is 2.35. The molecule has 0 aromatic heterocycles. The summed E-state index contributed by atoms with van der Waals surface area (Å²) in [4.78, 5) is 12.7. The van der Waals surface area contributed by atoms with E-state index in [0.29, 0.717) is 18.3 Å². The van der Waals surface area contributed by atoms with Gasteiger partial charge in [0.25, 0.3) is 0 Å². The molecule has 38 heavy (non-hydrogen) atoms. The molecule has 3 rings (SSSR count). The third-order valence-corrected chi connectivity index (χ3v) is 9.19. The van der Waals surface area contributed by atoms with E-state index < -0.39 is 0 Å². The third-order valence-electron chi connectivity index (χ3n) is 8.56. The van der Waals surface area contributed by atoms with Crippen LogP contribution in [-0.4, -0.2) is 30.1 Å². The largest absolute Gasteiger partial charge is 0.492 e. The Morgan fingerprint density at radius 2 is 1.76 bits per heavy atom. The Hall–Kier alpha value is -1.23. The molecular formula is C33H55NO3S. The lowest BCUT2D eigenvalue weighted by molar-refractivity contribution is -0.155. The van der Waals surface area contributed by atoms with Crippen molar-refractivity contribution in [2.24, 2.45) is 22.2 Å². The second-order valence-electron chi connectivity index (χ2n) is 12.1. The Balaban J connectivity index is 1.42. The zero-order chi connectivity index (χ0) is 27.0. The van der Waals surface area contributed by atoms with Crippen molar-refractivity contribution in [1.29, 1.82) is 0 Å². The van der Waals surface area contributed by atoms with Crippen LogP contribution in [0.5, 0.6) is 0 Å². The molecule has 2 aliphatic carbocycles. The second-order valence-corrected chi connectivity index (χ2v) is 12.9. The first-order valence-electron chi connectivity index (χ1n) is 16.0. The van der Waals surface area contributed by atoms with E-state index in [4.69, 9.17) is 13.9 Å². The molecule has 1 saturated carbocycles. The molecule has 1 aliphatic heterocycles. The van der Waals surface area contributed by atoms with E-state index in [1.165, 1.54) is 76.2 Å². The maximum absolute atomic E-state index is 12.7. The minimum atomic E-state index is -0.0312. The summed E-state index contributed by atoms with van der Waals surface area (Å²) in [7, 11) is 0. The molecular weight excluding hydrogens is 490 g/mol. The Labute approximate surface area is 238 Å². The van der Waals surface area contributed by atoms with Gasteiger partial charge in [-0.25, -0.2) is 4.40 Å². The maximum Gasteiger partial charge on any atom is 0.306 e. The summed E-state index contributed by atoms with van der Waals surface area (Å²) in [6, 6.07) is 0. The standard InChI is InChI=1S/C33H55NO3S/c1-4-5-6-7-11-21-31(35)37-33(26(2)3)29-20-15-19-28(25-29)32-30(22-24-38-34-32)36-23-14-9-8-10-16-27-17-12-13-18-27/h19,22,26-27,29,33H,4-18,20-21,23-25H2,1-3H3. The number of carbonyl (C=O) groups excluding carboxylic acids is 1. The second kappa shape index (κ2) is 18.2. The first-order valence-corrected chi connectivity index (χ1v) is 16.9. The first-order chi connectivity index (χ1) is 18.6. The van der Waals surface area contributed by atoms with E-state index in [0.717, 1.165) is 68.3 Å². The van der Waals surface area contributed by atoms with Gasteiger partial charge in [-0.1, -0.05) is 104 Å². The van der Waals surface area contributed by atoms with E-state index in [1.54, 1.807) is 11.9 Å². The molecule has 1 fully saturated rings. The van der Waals surface area contributed by atoms with E-state index in [-0.39, 0.29) is 12.1 Å². The smallest absolute Gasteiger partial charge is 0.306 e. The summed E-state index contributed by atoms with van der Waals surface area (Å²) in [5.41, 5.74) is 2.30. The molecule has 3 aliphatic rings. The van der Waals surface area contributed by atoms with Crippen LogP contribution in [-0.2, 0) is 14.3 Å². The zero-order valence-corrected chi connectivity index (χ0v) is 25.5. The summed E-state index contributed by atoms with van der Waals surface area (Å²) >= 11 is 1.61. The number of allylic oxidation sites excluding steroid dienone is 2. The maximum atomic E-state index is 12.7. The molecule has 216 valence electrons. The number of unbranched alkanes of at least 4 members (excludes halogenated alkanes) is 7. The summed E-state index contributed by atoms with van der Waals surface area (Å²) in [6.07, 6.45) is 26.2. The number of rotatable bonds is 18. The molecule has 0 spiro atoms. The van der Waals surface area contributed by atoms with Crippen LogP contribution in [0.15, 0.2) is 27.9 Å². The minimum Gasteiger partial charge on any atom is -0.492 e. The Morgan fingerprint density at radius 1 is 1.00 bits per heavy atom. The van der Waals surface area contributed by atoms with E-state index in [1.807, 2.05) is 0 Å². The van der Waals surface area contributed by atoms with Crippen molar-refractivity contribution in [2.75, 3.05) is 12.4 Å². The highest BCUT2D eigenvalue weighted by molar-refractivity contribution is 7.98. The fourth-order valence-corrected chi connectivity index (χ4v) is 6.98. The molecule has 5 heteroatoms. The average molecular weight is 546 g/mol. The number of hydrogen-bond donors (Lipinski definition) is 0. The van der Waals surface area contributed by atoms with Gasteiger partial charge in [0.1, 0.15) is 17.6 Å². The predicted molar refractivity (Wildman–Crippen MR) is 162 cm³/mol. The summed E-state index contributed by atoms with van der Waals surface area (Å²) < 4.78 is 17.2. The molecule has 2 atom stereocenters. The van der Waals surface area contributed by atoms with Crippen molar-refractivity contribution < 1.29 is 14.3 Å². The van der Waals surface area contributed by atoms with Crippen LogP contribution in [0.4, 0.5) is 0 Å². The minimum absolute atomic E-state index is 0.0194. The van der Waals surface area contributed by atoms with Gasteiger partial charge in [-0.2, -0.15) is 0 Å². The average Bonchev–Trinajstić information content (AvgIpc) is 3.45. The van der Waals surface area contributed by atoms with Crippen LogP contribution in [0.3, 0.4) is 0 Å². The van der Waals surface area contributed by atoms with Crippen molar-refractivity contribution >= 4 is 23.6 Å². The molecule has 0 amide bonds. The normalized spacial score (nSPS) is 21.2. The first kappa shape index (κ1) is 31.3. The van der Waals surface area contributed by atoms with Crippen molar-refractivity contribution in [3.05, 3.63) is 23.5 Å². The van der Waals surface area contributed by atoms with Gasteiger partial charge in [0.05, 0.1) is 6.61 Å². The molecule has 0 aromatic rings. The third kappa shape index (κ3) is 11.1. The van der Waals surface area contributed by atoms with Crippen LogP contribution < -0.4 is 0 Å². The van der Waals surface area contributed by atoms with Crippen molar-refractivity contribution in [2.45, 2.75) is 142 Å². The van der Waals surface area contributed by atoms with Gasteiger partial charge in [0, 0.05) is 18.1 Å². The van der Waals surface area contributed by atoms with Crippen molar-refractivity contribution in [3.63, 3.8) is 0 Å². The number of ether oxygens (including phenoxy) is 2. The molecule has 4 nitrogen and oxygen atoms in total. The van der Waals surface area contributed by atoms with Gasteiger partial charge in [0.15, 0.2) is 0 Å². The number of nitrogens with zero attached hydrogens (tertiary/aromatic N) is 1. The number of hydrogen-bond acceptors (Lipinski definition) is 5. The lowest BCUT2D eigenvalue weighted by Crippen LogP contribution is -2.34. The lowest BCUT2D eigenvalue weighted by Gasteiger charge is -2.33. The zero-order valence-electron chi connectivity index (χ0n) is 24.7. The summed E-state index contributed by atoms with van der Waals surface area (Å²) in [6.45, 7) is 7.37. The topological polar surface area (TPSA) is 47.9 Å². The fraction of sp³-hybridized carbons (Fsp3) is 0.818. The van der Waals surface area contributed by atoms with Crippen LogP contribution in [0.2, 0.25) is 0 Å². The molecule has 1 heterocycles. The molecule has 0 bridgehead atoms. The lowest BCUT2D eigenvalue weighted by atomic mass is 9.79. The van der Waals surface area contributed by atoms with Gasteiger partial charge < -0.3 is 9.47 Å². The highest BCUT2D eigenvalue weighted by atomic mass is 32.2. The molecule has 0 saturated heterocycles. The molecule has 0 aromatic carbocycles. The number of carbonyl (C=O) groups is 1. The van der Waals surface area contributed by atoms with Crippen LogP contribution in [0.1, 0.15) is 136 Å². The van der Waals surface area contributed by atoms with Gasteiger partial charge in [-0.3, -0.25) is 4.79 Å². The van der Waals surface area contributed by atoms with Gasteiger partial charge in [0.2, 0.25) is 0 Å². The van der Waals surface area contributed by atoms with Crippen molar-refractivity contribution in [1.82, 2.24) is 0 Å². The van der Waals surface area contributed by atoms with Crippen LogP contribution in [0.25, 0.3) is 0 Å². The van der Waals surface area contributed by atoms with E-state index in [2.05, 4.69) is 32.9 Å². The Bertz CT molecular complexity index is 781. The molecule has 0 N–H and O–H groups in total. The fourth-order valence-electron chi connectivity index (χ4n) is 6.34. The van der Waals surface area contributed by atoms with E-state index in [9.17, 15) is 4.79 Å². The SMILES string of the molecule is CCCCCCCC(=O)OC(C(C)C)C1CCC=C(C2=NSCC=C2OCCCCCCC2CCCC2)C1. The van der Waals surface area contributed by atoms with Crippen molar-refractivity contribution in [3.8, 4) is 0 Å². The van der Waals surface area contributed by atoms with Crippen LogP contribution in [0, 0.1) is 17.8 Å².